The normalized spacial score (nSPS) is 16.3. The molecule has 1 aliphatic heterocycles. The third-order valence-electron chi connectivity index (χ3n) is 4.13. The summed E-state index contributed by atoms with van der Waals surface area (Å²) < 4.78 is 0. The van der Waals surface area contributed by atoms with Gasteiger partial charge in [0.25, 0.3) is 0 Å². The minimum Gasteiger partial charge on any atom is -0.300 e. The average Bonchev–Trinajstić information content (AvgIpc) is 3.04. The lowest BCUT2D eigenvalue weighted by Crippen LogP contribution is -2.19. The van der Waals surface area contributed by atoms with Crippen molar-refractivity contribution in [2.24, 2.45) is 0 Å². The molecule has 0 unspecified atom stereocenters. The molecule has 0 N–H and O–H groups in total. The second-order valence-corrected chi connectivity index (χ2v) is 5.66. The second kappa shape index (κ2) is 6.68. The van der Waals surface area contributed by atoms with Crippen LogP contribution in [0.1, 0.15) is 29.7 Å². The largest absolute Gasteiger partial charge is 0.300 e. The van der Waals surface area contributed by atoms with Crippen molar-refractivity contribution in [3.8, 4) is 0 Å². The molecule has 1 aliphatic rings. The van der Waals surface area contributed by atoms with Crippen molar-refractivity contribution in [1.82, 2.24) is 9.88 Å². The van der Waals surface area contributed by atoms with Crippen LogP contribution in [-0.2, 0) is 0 Å². The predicted molar refractivity (Wildman–Crippen MR) is 88.2 cm³/mol. The Morgan fingerprint density at radius 1 is 1.10 bits per heavy atom. The zero-order valence-electron chi connectivity index (χ0n) is 12.6. The van der Waals surface area contributed by atoms with Crippen molar-refractivity contribution in [3.63, 3.8) is 0 Å². The summed E-state index contributed by atoms with van der Waals surface area (Å²) in [5, 5.41) is 0. The summed E-state index contributed by atoms with van der Waals surface area (Å²) in [5.74, 6) is 0. The van der Waals surface area contributed by atoms with Gasteiger partial charge in [0.2, 0.25) is 0 Å². The van der Waals surface area contributed by atoms with Crippen molar-refractivity contribution in [3.05, 3.63) is 71.6 Å². The second-order valence-electron chi connectivity index (χ2n) is 5.66. The van der Waals surface area contributed by atoms with Gasteiger partial charge in [0.15, 0.2) is 0 Å². The Kier molecular flexibility index (Phi) is 4.46. The molecule has 0 aliphatic carbocycles. The van der Waals surface area contributed by atoms with Gasteiger partial charge in [-0.3, -0.25) is 9.88 Å². The SMILES string of the molecule is Cc1ccccc1C(=CCN1CCCC1)c1ccccn1. The monoisotopic (exact) mass is 278 g/mol. The molecule has 3 rings (SSSR count). The number of aromatic nitrogens is 1. The molecule has 1 aromatic heterocycles. The van der Waals surface area contributed by atoms with Gasteiger partial charge in [-0.2, -0.15) is 0 Å². The first kappa shape index (κ1) is 14.0. The van der Waals surface area contributed by atoms with E-state index in [0.717, 1.165) is 12.2 Å². The zero-order valence-corrected chi connectivity index (χ0v) is 12.6. The molecule has 2 heterocycles. The third-order valence-corrected chi connectivity index (χ3v) is 4.13. The molecular formula is C19H22N2. The average molecular weight is 278 g/mol. The van der Waals surface area contributed by atoms with Crippen LogP contribution < -0.4 is 0 Å². The molecule has 0 saturated carbocycles. The third kappa shape index (κ3) is 3.40. The van der Waals surface area contributed by atoms with Gasteiger partial charge in [0, 0.05) is 18.3 Å². The van der Waals surface area contributed by atoms with E-state index in [1.807, 2.05) is 12.3 Å². The summed E-state index contributed by atoms with van der Waals surface area (Å²) >= 11 is 0. The number of hydrogen-bond acceptors (Lipinski definition) is 2. The van der Waals surface area contributed by atoms with Crippen molar-refractivity contribution in [2.75, 3.05) is 19.6 Å². The number of nitrogens with zero attached hydrogens (tertiary/aromatic N) is 2. The van der Waals surface area contributed by atoms with Crippen LogP contribution in [0, 0.1) is 6.92 Å². The van der Waals surface area contributed by atoms with E-state index in [-0.39, 0.29) is 0 Å². The van der Waals surface area contributed by atoms with E-state index < -0.39 is 0 Å². The van der Waals surface area contributed by atoms with Crippen LogP contribution in [0.5, 0.6) is 0 Å². The minimum absolute atomic E-state index is 1.01. The summed E-state index contributed by atoms with van der Waals surface area (Å²) in [6.45, 7) is 5.63. The smallest absolute Gasteiger partial charge is 0.0705 e. The molecule has 108 valence electrons. The summed E-state index contributed by atoms with van der Waals surface area (Å²) in [4.78, 5) is 7.07. The molecule has 0 bridgehead atoms. The first-order chi connectivity index (χ1) is 10.3. The van der Waals surface area contributed by atoms with Gasteiger partial charge >= 0.3 is 0 Å². The van der Waals surface area contributed by atoms with E-state index in [1.165, 1.54) is 42.6 Å². The molecular weight excluding hydrogens is 256 g/mol. The van der Waals surface area contributed by atoms with Crippen LogP contribution in [0.3, 0.4) is 0 Å². The van der Waals surface area contributed by atoms with Crippen LogP contribution in [0.25, 0.3) is 5.57 Å². The Morgan fingerprint density at radius 3 is 2.57 bits per heavy atom. The molecule has 0 spiro atoms. The fourth-order valence-electron chi connectivity index (χ4n) is 2.94. The van der Waals surface area contributed by atoms with Crippen LogP contribution >= 0.6 is 0 Å². The maximum atomic E-state index is 4.55. The lowest BCUT2D eigenvalue weighted by Gasteiger charge is -2.15. The fraction of sp³-hybridized carbons (Fsp3) is 0.316. The van der Waals surface area contributed by atoms with Crippen LogP contribution in [-0.4, -0.2) is 29.5 Å². The number of pyridine rings is 1. The standard InChI is InChI=1S/C19H22N2/c1-16-8-2-3-9-17(16)18(19-10-4-5-12-20-19)11-15-21-13-6-7-14-21/h2-5,8-12H,6-7,13-15H2,1H3. The fourth-order valence-corrected chi connectivity index (χ4v) is 2.94. The van der Waals surface area contributed by atoms with Gasteiger partial charge in [-0.05, 0) is 56.1 Å². The zero-order chi connectivity index (χ0) is 14.5. The van der Waals surface area contributed by atoms with Crippen LogP contribution in [0.4, 0.5) is 0 Å². The summed E-state index contributed by atoms with van der Waals surface area (Å²) in [6.07, 6.45) is 6.88. The highest BCUT2D eigenvalue weighted by Crippen LogP contribution is 2.25. The molecule has 2 heteroatoms. The number of hydrogen-bond donors (Lipinski definition) is 0. The molecule has 0 radical (unpaired) electrons. The van der Waals surface area contributed by atoms with E-state index in [0.29, 0.717) is 0 Å². The molecule has 2 nitrogen and oxygen atoms in total. The summed E-state index contributed by atoms with van der Waals surface area (Å²) in [7, 11) is 0. The number of benzene rings is 1. The quantitative estimate of drug-likeness (QED) is 0.842. The van der Waals surface area contributed by atoms with Crippen molar-refractivity contribution < 1.29 is 0 Å². The van der Waals surface area contributed by atoms with Gasteiger partial charge < -0.3 is 0 Å². The minimum atomic E-state index is 1.01. The van der Waals surface area contributed by atoms with Crippen LogP contribution in [0.2, 0.25) is 0 Å². The van der Waals surface area contributed by atoms with E-state index in [2.05, 4.69) is 59.3 Å². The molecule has 1 fully saturated rings. The first-order valence-electron chi connectivity index (χ1n) is 7.74. The maximum absolute atomic E-state index is 4.55. The van der Waals surface area contributed by atoms with Crippen molar-refractivity contribution in [1.29, 1.82) is 0 Å². The van der Waals surface area contributed by atoms with Crippen LogP contribution in [0.15, 0.2) is 54.7 Å². The lowest BCUT2D eigenvalue weighted by molar-refractivity contribution is 0.377. The molecule has 21 heavy (non-hydrogen) atoms. The Bertz CT molecular complexity index is 610. The topological polar surface area (TPSA) is 16.1 Å². The number of likely N-dealkylation sites (tertiary alicyclic amines) is 1. The van der Waals surface area contributed by atoms with Gasteiger partial charge in [-0.25, -0.2) is 0 Å². The van der Waals surface area contributed by atoms with E-state index in [4.69, 9.17) is 0 Å². The maximum Gasteiger partial charge on any atom is 0.0705 e. The molecule has 0 amide bonds. The van der Waals surface area contributed by atoms with Gasteiger partial charge in [-0.15, -0.1) is 0 Å². The first-order valence-corrected chi connectivity index (χ1v) is 7.74. The van der Waals surface area contributed by atoms with E-state index in [1.54, 1.807) is 0 Å². The van der Waals surface area contributed by atoms with E-state index in [9.17, 15) is 0 Å². The Morgan fingerprint density at radius 2 is 1.86 bits per heavy atom. The summed E-state index contributed by atoms with van der Waals surface area (Å²) in [5.41, 5.74) is 4.90. The van der Waals surface area contributed by atoms with Gasteiger partial charge in [0.05, 0.1) is 5.69 Å². The highest BCUT2D eigenvalue weighted by atomic mass is 15.1. The highest BCUT2D eigenvalue weighted by Gasteiger charge is 2.12. The Hall–Kier alpha value is -1.93. The van der Waals surface area contributed by atoms with Gasteiger partial charge in [0.1, 0.15) is 0 Å². The highest BCUT2D eigenvalue weighted by molar-refractivity contribution is 5.79. The predicted octanol–water partition coefficient (Wildman–Crippen LogP) is 3.92. The molecule has 0 atom stereocenters. The number of aryl methyl sites for hydroxylation is 1. The molecule has 1 saturated heterocycles. The van der Waals surface area contributed by atoms with E-state index >= 15 is 0 Å². The van der Waals surface area contributed by atoms with Gasteiger partial charge in [-0.1, -0.05) is 36.4 Å². The molecule has 1 aromatic carbocycles. The Labute approximate surface area is 127 Å². The van der Waals surface area contributed by atoms with Crippen molar-refractivity contribution >= 4 is 5.57 Å². The molecule has 2 aromatic rings. The number of rotatable bonds is 4. The summed E-state index contributed by atoms with van der Waals surface area (Å²) in [6, 6.07) is 14.7. The lowest BCUT2D eigenvalue weighted by atomic mass is 9.97. The Balaban J connectivity index is 1.95. The van der Waals surface area contributed by atoms with Crippen molar-refractivity contribution in [2.45, 2.75) is 19.8 Å².